The molecule has 0 aliphatic carbocycles. The van der Waals surface area contributed by atoms with Crippen LogP contribution in [0.25, 0.3) is 0 Å². The Kier molecular flexibility index (Phi) is 8.26. The molecule has 0 spiro atoms. The molecule has 0 aliphatic heterocycles. The van der Waals surface area contributed by atoms with E-state index in [0.29, 0.717) is 6.42 Å². The third-order valence-electron chi connectivity index (χ3n) is 1.35. The quantitative estimate of drug-likeness (QED) is 0.189. The Morgan fingerprint density at radius 3 is 2.46 bits per heavy atom. The van der Waals surface area contributed by atoms with Crippen molar-refractivity contribution in [2.45, 2.75) is 18.9 Å². The van der Waals surface area contributed by atoms with Crippen molar-refractivity contribution in [3.05, 3.63) is 0 Å². The summed E-state index contributed by atoms with van der Waals surface area (Å²) in [4.78, 5) is 25.6. The van der Waals surface area contributed by atoms with Gasteiger partial charge in [-0.1, -0.05) is 0 Å². The molecule has 0 aromatic rings. The molecule has 0 aromatic heterocycles. The zero-order valence-electron chi connectivity index (χ0n) is 7.51. The van der Waals surface area contributed by atoms with Gasteiger partial charge in [-0.05, 0) is 0 Å². The Bertz CT molecular complexity index is 187. The SMILES string of the molecule is C[I-]NC(CCC(=O)O)C(=O)[I-]C. The zero-order chi connectivity index (χ0) is 10.3. The van der Waals surface area contributed by atoms with Gasteiger partial charge in [0, 0.05) is 0 Å². The molecule has 0 aliphatic rings. The van der Waals surface area contributed by atoms with Crippen molar-refractivity contribution in [1.29, 1.82) is 0 Å². The molecule has 0 radical (unpaired) electrons. The summed E-state index contributed by atoms with van der Waals surface area (Å²) in [5.41, 5.74) is 0. The fourth-order valence-electron chi connectivity index (χ4n) is 0.742. The van der Waals surface area contributed by atoms with Crippen LogP contribution >= 0.6 is 0 Å². The topological polar surface area (TPSA) is 66.4 Å². The van der Waals surface area contributed by atoms with Gasteiger partial charge in [-0.25, -0.2) is 0 Å². The van der Waals surface area contributed by atoms with Crippen LogP contribution in [-0.4, -0.2) is 30.8 Å². The van der Waals surface area contributed by atoms with E-state index < -0.39 is 27.2 Å². The predicted molar refractivity (Wildman–Crippen MR) is 40.6 cm³/mol. The van der Waals surface area contributed by atoms with E-state index in [1.807, 2.05) is 9.86 Å². The minimum absolute atomic E-state index is 0.0802. The number of halogens is 2. The predicted octanol–water partition coefficient (Wildman–Crippen LogP) is -6.31. The maximum atomic E-state index is 11.3. The van der Waals surface area contributed by atoms with Crippen molar-refractivity contribution in [1.82, 2.24) is 3.53 Å². The summed E-state index contributed by atoms with van der Waals surface area (Å²) in [6.07, 6.45) is 0.520. The Labute approximate surface area is 98.7 Å². The average Bonchev–Trinajstić information content (AvgIpc) is 2.10. The first kappa shape index (κ1) is 13.6. The third-order valence-corrected chi connectivity index (χ3v) is 4.54. The monoisotopic (exact) mass is 413 g/mol. The molecule has 0 amide bonds. The van der Waals surface area contributed by atoms with E-state index in [9.17, 15) is 9.59 Å². The summed E-state index contributed by atoms with van der Waals surface area (Å²) in [5.74, 6) is -0.830. The van der Waals surface area contributed by atoms with Gasteiger partial charge in [0.1, 0.15) is 0 Å². The molecule has 0 fully saturated rings. The summed E-state index contributed by atoms with van der Waals surface area (Å²) >= 11 is -0.568. The molecule has 80 valence electrons. The van der Waals surface area contributed by atoms with E-state index in [1.54, 1.807) is 0 Å². The number of nitrogens with one attached hydrogen (secondary N) is 1. The number of rotatable bonds is 7. The molecule has 6 heteroatoms. The van der Waals surface area contributed by atoms with Gasteiger partial charge in [-0.3, -0.25) is 0 Å². The van der Waals surface area contributed by atoms with Crippen LogP contribution in [0.15, 0.2) is 0 Å². The van der Waals surface area contributed by atoms with E-state index in [-0.39, 0.29) is 37.7 Å². The second kappa shape index (κ2) is 7.92. The summed E-state index contributed by atoms with van der Waals surface area (Å²) in [6, 6.07) is -0.188. The van der Waals surface area contributed by atoms with Crippen LogP contribution < -0.4 is 46.2 Å². The number of carbonyl (C=O) groups excluding carboxylic acids is 1. The summed E-state index contributed by atoms with van der Waals surface area (Å²) < 4.78 is 3.34. The second-order valence-electron chi connectivity index (χ2n) is 2.28. The van der Waals surface area contributed by atoms with Gasteiger partial charge in [-0.2, -0.15) is 0 Å². The third kappa shape index (κ3) is 6.61. The van der Waals surface area contributed by atoms with Gasteiger partial charge in [0.15, 0.2) is 0 Å². The molecule has 0 heterocycles. The summed E-state index contributed by atoms with van der Waals surface area (Å²) in [7, 11) is 0. The first-order valence-corrected chi connectivity index (χ1v) is 10.1. The van der Waals surface area contributed by atoms with Gasteiger partial charge in [0.05, 0.1) is 0 Å². The minimum atomic E-state index is -0.830. The molecule has 1 atom stereocenters. The van der Waals surface area contributed by atoms with E-state index in [4.69, 9.17) is 5.11 Å². The van der Waals surface area contributed by atoms with Crippen molar-refractivity contribution in [2.75, 3.05) is 9.86 Å². The van der Waals surface area contributed by atoms with Crippen molar-refractivity contribution >= 4 is 9.76 Å². The van der Waals surface area contributed by atoms with Crippen LogP contribution in [0.3, 0.4) is 0 Å². The fraction of sp³-hybridized carbons (Fsp3) is 0.714. The Hall–Kier alpha value is 0.560. The Morgan fingerprint density at radius 1 is 1.46 bits per heavy atom. The number of carboxylic acid groups (broad SMARTS) is 1. The molecule has 0 saturated carbocycles. The van der Waals surface area contributed by atoms with Gasteiger partial charge in [0.2, 0.25) is 0 Å². The van der Waals surface area contributed by atoms with Gasteiger partial charge < -0.3 is 0 Å². The van der Waals surface area contributed by atoms with Gasteiger partial charge in [0.25, 0.3) is 0 Å². The molecule has 1 unspecified atom stereocenters. The van der Waals surface area contributed by atoms with Gasteiger partial charge >= 0.3 is 99.4 Å². The molecule has 2 N–H and O–H groups in total. The van der Waals surface area contributed by atoms with Crippen molar-refractivity contribution in [3.63, 3.8) is 0 Å². The summed E-state index contributed by atoms with van der Waals surface area (Å²) in [6.45, 7) is 0. The van der Waals surface area contributed by atoms with Crippen molar-refractivity contribution in [3.8, 4) is 0 Å². The molecule has 0 rings (SSSR count). The van der Waals surface area contributed by atoms with E-state index in [2.05, 4.69) is 3.53 Å². The first-order valence-electron chi connectivity index (χ1n) is 3.60. The van der Waals surface area contributed by atoms with Crippen LogP contribution in [0.5, 0.6) is 0 Å². The van der Waals surface area contributed by atoms with Crippen LogP contribution in [0.4, 0.5) is 0 Å². The van der Waals surface area contributed by atoms with Crippen LogP contribution in [0, 0.1) is 0 Å². The number of carboxylic acids is 1. The Balaban J connectivity index is 3.93. The first-order chi connectivity index (χ1) is 6.11. The molecule has 13 heavy (non-hydrogen) atoms. The number of hydrogen-bond donors (Lipinski definition) is 2. The maximum absolute atomic E-state index is 11.3. The van der Waals surface area contributed by atoms with Crippen LogP contribution in [0.1, 0.15) is 12.8 Å². The normalized spacial score (nSPS) is 13.1. The van der Waals surface area contributed by atoms with Gasteiger partial charge in [-0.15, -0.1) is 0 Å². The Morgan fingerprint density at radius 2 is 2.08 bits per heavy atom. The number of carbonyl (C=O) groups is 2. The number of alkyl halides is 2. The molecule has 0 aromatic carbocycles. The molecular weight excluding hydrogens is 400 g/mol. The van der Waals surface area contributed by atoms with Crippen molar-refractivity contribution in [2.24, 2.45) is 0 Å². The zero-order valence-corrected chi connectivity index (χ0v) is 11.8. The number of aliphatic carboxylic acids is 1. The fourth-order valence-corrected chi connectivity index (χ4v) is 3.90. The van der Waals surface area contributed by atoms with Crippen LogP contribution in [-0.2, 0) is 9.59 Å². The molecule has 0 saturated heterocycles. The number of hydrogen-bond acceptors (Lipinski definition) is 3. The van der Waals surface area contributed by atoms with E-state index in [0.717, 1.165) is 0 Å². The van der Waals surface area contributed by atoms with Crippen LogP contribution in [0.2, 0.25) is 0 Å². The average molecular weight is 413 g/mol. The van der Waals surface area contributed by atoms with E-state index in [1.165, 1.54) is 0 Å². The molecular formula is C7H13I2NO3-2. The molecule has 4 nitrogen and oxygen atoms in total. The van der Waals surface area contributed by atoms with E-state index >= 15 is 0 Å². The molecule has 0 bridgehead atoms. The standard InChI is InChI=1S/C7H13I2NO3/c1-8-7(13)5(10-9-2)3-4-6(11)12/h5,10H,3-4H2,1-2H3,(H,11,12)/q-2. The van der Waals surface area contributed by atoms with Crippen molar-refractivity contribution < 1.29 is 57.4 Å². The summed E-state index contributed by atoms with van der Waals surface area (Å²) in [5, 5.41) is 8.46. The second-order valence-corrected chi connectivity index (χ2v) is 6.12.